The Hall–Kier alpha value is -2.08. The van der Waals surface area contributed by atoms with Crippen LogP contribution in [0.25, 0.3) is 0 Å². The Kier molecular flexibility index (Phi) is 8.86. The van der Waals surface area contributed by atoms with E-state index in [2.05, 4.69) is 36.5 Å². The van der Waals surface area contributed by atoms with E-state index < -0.39 is 0 Å². The molecule has 0 heteroatoms. The lowest BCUT2D eigenvalue weighted by Crippen LogP contribution is -1.63. The van der Waals surface area contributed by atoms with Crippen LogP contribution in [0.4, 0.5) is 0 Å². The molecule has 0 nitrogen and oxygen atoms in total. The molecule has 0 bridgehead atoms. The van der Waals surface area contributed by atoms with Gasteiger partial charge in [0.25, 0.3) is 0 Å². The Morgan fingerprint density at radius 2 is 0.500 bits per heavy atom. The first-order chi connectivity index (χ1) is 9.00. The quantitative estimate of drug-likeness (QED) is 0.540. The maximum atomic E-state index is 2.18. The smallest absolute Gasteiger partial charge is 0.0313 e. The Labute approximate surface area is 110 Å². The van der Waals surface area contributed by atoms with Crippen LogP contribution in [0.5, 0.6) is 0 Å². The van der Waals surface area contributed by atoms with E-state index >= 15 is 0 Å². The van der Waals surface area contributed by atoms with Crippen molar-refractivity contribution in [1.29, 1.82) is 0 Å². The van der Waals surface area contributed by atoms with Gasteiger partial charge in [-0.05, 0) is 12.8 Å². The summed E-state index contributed by atoms with van der Waals surface area (Å²) in [5, 5.41) is 0. The average Bonchev–Trinajstić information content (AvgIpc) is 2.39. The van der Waals surface area contributed by atoms with Gasteiger partial charge in [0.15, 0.2) is 0 Å². The van der Waals surface area contributed by atoms with Crippen molar-refractivity contribution in [2.45, 2.75) is 12.8 Å². The second-order valence-electron chi connectivity index (χ2n) is 3.74. The van der Waals surface area contributed by atoms with Crippen LogP contribution in [0.3, 0.4) is 0 Å². The van der Waals surface area contributed by atoms with E-state index in [1.807, 2.05) is 60.8 Å². The van der Waals surface area contributed by atoms with E-state index in [4.69, 9.17) is 0 Å². The second kappa shape index (κ2) is 11.4. The molecule has 1 rings (SSSR count). The molecule has 0 aromatic carbocycles. The number of hydrogen-bond donors (Lipinski definition) is 0. The molecule has 0 fully saturated rings. The van der Waals surface area contributed by atoms with Crippen LogP contribution in [-0.2, 0) is 0 Å². The summed E-state index contributed by atoms with van der Waals surface area (Å²) in [5.74, 6) is 0. The van der Waals surface area contributed by atoms with Gasteiger partial charge in [-0.3, -0.25) is 0 Å². The highest BCUT2D eigenvalue weighted by atomic mass is 13.8. The van der Waals surface area contributed by atoms with Crippen LogP contribution < -0.4 is 0 Å². The van der Waals surface area contributed by atoms with Crippen LogP contribution in [0.1, 0.15) is 12.8 Å². The van der Waals surface area contributed by atoms with Gasteiger partial charge in [-0.2, -0.15) is 0 Å². The van der Waals surface area contributed by atoms with E-state index in [1.165, 1.54) is 0 Å². The van der Waals surface area contributed by atoms with Crippen molar-refractivity contribution < 1.29 is 0 Å². The van der Waals surface area contributed by atoms with Gasteiger partial charge in [0.1, 0.15) is 0 Å². The fourth-order valence-corrected chi connectivity index (χ4v) is 1.31. The first-order valence-corrected chi connectivity index (χ1v) is 6.32. The van der Waals surface area contributed by atoms with E-state index in [1.54, 1.807) is 0 Å². The average molecular weight is 236 g/mol. The molecule has 0 saturated heterocycles. The summed E-state index contributed by atoms with van der Waals surface area (Å²) in [6, 6.07) is 0. The highest BCUT2D eigenvalue weighted by molar-refractivity contribution is 5.21. The zero-order chi connectivity index (χ0) is 12.7. The third-order valence-electron chi connectivity index (χ3n) is 2.22. The lowest BCUT2D eigenvalue weighted by Gasteiger charge is -1.84. The molecule has 0 unspecified atom stereocenters. The molecule has 0 aliphatic heterocycles. The molecule has 1 aliphatic rings. The van der Waals surface area contributed by atoms with E-state index in [0.29, 0.717) is 0 Å². The predicted molar refractivity (Wildman–Crippen MR) is 82.4 cm³/mol. The van der Waals surface area contributed by atoms with Crippen molar-refractivity contribution >= 4 is 0 Å². The standard InChI is InChI=1S/C18H20/c1-2-4-6-8-10-12-14-16-18-17-15-13-11-9-7-5-3-1/h1-16H,17-18H2/b3-1-,4-2+,7-5+,8-6+,11-9+,12-10+,15-13-,16-14-. The topological polar surface area (TPSA) is 0 Å². The van der Waals surface area contributed by atoms with Gasteiger partial charge in [0, 0.05) is 0 Å². The molecule has 0 aromatic rings. The molecule has 0 saturated carbocycles. The minimum absolute atomic E-state index is 1.08. The molecule has 0 spiro atoms. The summed E-state index contributed by atoms with van der Waals surface area (Å²) in [4.78, 5) is 0. The zero-order valence-electron chi connectivity index (χ0n) is 10.7. The monoisotopic (exact) mass is 236 g/mol. The molecule has 0 heterocycles. The summed E-state index contributed by atoms with van der Waals surface area (Å²) in [6.07, 6.45) is 35.0. The maximum Gasteiger partial charge on any atom is -0.0313 e. The van der Waals surface area contributed by atoms with Crippen LogP contribution in [0.15, 0.2) is 97.2 Å². The fourth-order valence-electron chi connectivity index (χ4n) is 1.31. The third-order valence-corrected chi connectivity index (χ3v) is 2.22. The number of rotatable bonds is 0. The van der Waals surface area contributed by atoms with Crippen molar-refractivity contribution in [3.05, 3.63) is 97.2 Å². The Morgan fingerprint density at radius 1 is 0.278 bits per heavy atom. The van der Waals surface area contributed by atoms with Crippen LogP contribution in [0, 0.1) is 0 Å². The highest BCUT2D eigenvalue weighted by Crippen LogP contribution is 1.94. The molecule has 0 atom stereocenters. The Morgan fingerprint density at radius 3 is 0.778 bits per heavy atom. The van der Waals surface area contributed by atoms with Gasteiger partial charge in [-0.25, -0.2) is 0 Å². The van der Waals surface area contributed by atoms with Gasteiger partial charge >= 0.3 is 0 Å². The normalized spacial score (nSPS) is 31.1. The summed E-state index contributed by atoms with van der Waals surface area (Å²) in [5.41, 5.74) is 0. The van der Waals surface area contributed by atoms with Gasteiger partial charge in [0.2, 0.25) is 0 Å². The van der Waals surface area contributed by atoms with Crippen molar-refractivity contribution in [1.82, 2.24) is 0 Å². The first kappa shape index (κ1) is 14.0. The van der Waals surface area contributed by atoms with Gasteiger partial charge < -0.3 is 0 Å². The van der Waals surface area contributed by atoms with Crippen LogP contribution in [-0.4, -0.2) is 0 Å². The predicted octanol–water partition coefficient (Wildman–Crippen LogP) is 5.23. The lowest BCUT2D eigenvalue weighted by molar-refractivity contribution is 1.05. The molecule has 0 radical (unpaired) electrons. The Balaban J connectivity index is 2.58. The number of hydrogen-bond acceptors (Lipinski definition) is 0. The number of allylic oxidation sites excluding steroid dienone is 16. The minimum Gasteiger partial charge on any atom is -0.0842 e. The SMILES string of the molecule is C1=C\C=C\C=C\C=C\C=C/CC\C=C/C=C/C=C/1. The molecular weight excluding hydrogens is 216 g/mol. The third kappa shape index (κ3) is 9.17. The molecule has 1 aliphatic carbocycles. The summed E-state index contributed by atoms with van der Waals surface area (Å²) in [7, 11) is 0. The van der Waals surface area contributed by atoms with Gasteiger partial charge in [-0.15, -0.1) is 0 Å². The van der Waals surface area contributed by atoms with Crippen molar-refractivity contribution in [2.75, 3.05) is 0 Å². The highest BCUT2D eigenvalue weighted by Gasteiger charge is 1.74. The summed E-state index contributed by atoms with van der Waals surface area (Å²) in [6.45, 7) is 0. The van der Waals surface area contributed by atoms with E-state index in [-0.39, 0.29) is 0 Å². The lowest BCUT2D eigenvalue weighted by atomic mass is 10.2. The molecule has 0 aromatic heterocycles. The fraction of sp³-hybridized carbons (Fsp3) is 0.111. The van der Waals surface area contributed by atoms with Crippen LogP contribution >= 0.6 is 0 Å². The molecule has 0 N–H and O–H groups in total. The Bertz CT molecular complexity index is 379. The second-order valence-corrected chi connectivity index (χ2v) is 3.74. The largest absolute Gasteiger partial charge is 0.0842 e. The summed E-state index contributed by atoms with van der Waals surface area (Å²) >= 11 is 0. The molecule has 92 valence electrons. The van der Waals surface area contributed by atoms with E-state index in [0.717, 1.165) is 12.8 Å². The van der Waals surface area contributed by atoms with Crippen molar-refractivity contribution in [3.63, 3.8) is 0 Å². The first-order valence-electron chi connectivity index (χ1n) is 6.32. The molecule has 0 amide bonds. The van der Waals surface area contributed by atoms with Crippen molar-refractivity contribution in [2.24, 2.45) is 0 Å². The molecular formula is C18H20. The summed E-state index contributed by atoms with van der Waals surface area (Å²) < 4.78 is 0. The maximum absolute atomic E-state index is 2.18. The minimum atomic E-state index is 1.08. The zero-order valence-corrected chi connectivity index (χ0v) is 10.7. The van der Waals surface area contributed by atoms with Crippen molar-refractivity contribution in [3.8, 4) is 0 Å². The van der Waals surface area contributed by atoms with Gasteiger partial charge in [-0.1, -0.05) is 97.2 Å². The van der Waals surface area contributed by atoms with E-state index in [9.17, 15) is 0 Å². The van der Waals surface area contributed by atoms with Crippen LogP contribution in [0.2, 0.25) is 0 Å². The molecule has 18 heavy (non-hydrogen) atoms. The van der Waals surface area contributed by atoms with Gasteiger partial charge in [0.05, 0.1) is 0 Å².